The van der Waals surface area contributed by atoms with E-state index >= 15 is 0 Å². The van der Waals surface area contributed by atoms with Gasteiger partial charge in [-0.15, -0.1) is 0 Å². The first kappa shape index (κ1) is 27.0. The van der Waals surface area contributed by atoms with Crippen LogP contribution in [0, 0.1) is 6.92 Å². The normalized spacial score (nSPS) is 23.2. The van der Waals surface area contributed by atoms with Crippen LogP contribution in [-0.4, -0.2) is 62.5 Å². The molecule has 1 aliphatic carbocycles. The Morgan fingerprint density at radius 3 is 2.24 bits per heavy atom. The van der Waals surface area contributed by atoms with Gasteiger partial charge in [-0.05, 0) is 44.9 Å². The van der Waals surface area contributed by atoms with Gasteiger partial charge in [0.1, 0.15) is 12.2 Å². The maximum atomic E-state index is 13.0. The Morgan fingerprint density at radius 2 is 1.73 bits per heavy atom. The van der Waals surface area contributed by atoms with Crippen molar-refractivity contribution in [3.8, 4) is 0 Å². The van der Waals surface area contributed by atoms with Crippen molar-refractivity contribution in [1.82, 2.24) is 5.32 Å². The minimum Gasteiger partial charge on any atom is -0.463 e. The SMILES string of the molecule is CCOC(=O)C1=C[C@@H](OC(CC)CC)[C@H](NC(C)=O)[C@H](OS(=O)(=O)c2ccc(C)cc2)[C@@H]1O. The summed E-state index contributed by atoms with van der Waals surface area (Å²) in [5, 5.41) is 13.6. The van der Waals surface area contributed by atoms with Crippen LogP contribution in [0.5, 0.6) is 0 Å². The van der Waals surface area contributed by atoms with E-state index in [1.54, 1.807) is 19.1 Å². The molecule has 0 saturated carbocycles. The Bertz CT molecular complexity index is 953. The fourth-order valence-electron chi connectivity index (χ4n) is 3.59. The predicted octanol–water partition coefficient (Wildman–Crippen LogP) is 2.01. The second kappa shape index (κ2) is 11.7. The molecule has 10 heteroatoms. The number of nitrogens with one attached hydrogen (secondary N) is 1. The molecule has 1 aromatic carbocycles. The summed E-state index contributed by atoms with van der Waals surface area (Å²) in [4.78, 5) is 24.4. The van der Waals surface area contributed by atoms with Crippen molar-refractivity contribution in [1.29, 1.82) is 0 Å². The monoisotopic (exact) mass is 483 g/mol. The molecule has 0 aromatic heterocycles. The van der Waals surface area contributed by atoms with Crippen LogP contribution >= 0.6 is 0 Å². The number of ether oxygens (including phenoxy) is 2. The first-order valence-corrected chi connectivity index (χ1v) is 12.4. The molecule has 1 aliphatic rings. The lowest BCUT2D eigenvalue weighted by Gasteiger charge is -2.40. The van der Waals surface area contributed by atoms with Crippen LogP contribution in [0.25, 0.3) is 0 Å². The molecular weight excluding hydrogens is 450 g/mol. The molecule has 0 heterocycles. The van der Waals surface area contributed by atoms with Crippen molar-refractivity contribution >= 4 is 22.0 Å². The first-order chi connectivity index (χ1) is 15.5. The van der Waals surface area contributed by atoms with Crippen LogP contribution < -0.4 is 5.32 Å². The summed E-state index contributed by atoms with van der Waals surface area (Å²) >= 11 is 0. The van der Waals surface area contributed by atoms with Crippen LogP contribution in [-0.2, 0) is 33.4 Å². The molecule has 0 unspecified atom stereocenters. The molecule has 0 spiro atoms. The maximum Gasteiger partial charge on any atom is 0.336 e. The summed E-state index contributed by atoms with van der Waals surface area (Å²) in [6, 6.07) is 4.92. The average Bonchev–Trinajstić information content (AvgIpc) is 2.75. The summed E-state index contributed by atoms with van der Waals surface area (Å²) < 4.78 is 42.6. The van der Waals surface area contributed by atoms with Gasteiger partial charge in [-0.3, -0.25) is 8.98 Å². The zero-order chi connectivity index (χ0) is 24.8. The van der Waals surface area contributed by atoms with Crippen molar-refractivity contribution in [2.75, 3.05) is 6.61 Å². The van der Waals surface area contributed by atoms with Crippen molar-refractivity contribution < 1.29 is 36.8 Å². The Hall–Kier alpha value is -2.27. The summed E-state index contributed by atoms with van der Waals surface area (Å²) in [5.74, 6) is -1.29. The fourth-order valence-corrected chi connectivity index (χ4v) is 4.69. The Morgan fingerprint density at radius 1 is 1.12 bits per heavy atom. The minimum absolute atomic E-state index is 0.0588. The number of benzene rings is 1. The molecule has 184 valence electrons. The third kappa shape index (κ3) is 6.86. The number of rotatable bonds is 10. The van der Waals surface area contributed by atoms with E-state index in [1.165, 1.54) is 25.1 Å². The predicted molar refractivity (Wildman–Crippen MR) is 121 cm³/mol. The summed E-state index contributed by atoms with van der Waals surface area (Å²) in [7, 11) is -4.35. The van der Waals surface area contributed by atoms with Gasteiger partial charge in [0.15, 0.2) is 0 Å². The molecule has 33 heavy (non-hydrogen) atoms. The second-order valence-electron chi connectivity index (χ2n) is 7.88. The van der Waals surface area contributed by atoms with Crippen LogP contribution in [0.2, 0.25) is 0 Å². The number of hydrogen-bond acceptors (Lipinski definition) is 8. The molecule has 2 N–H and O–H groups in total. The first-order valence-electron chi connectivity index (χ1n) is 11.0. The van der Waals surface area contributed by atoms with E-state index in [4.69, 9.17) is 13.7 Å². The Kier molecular flexibility index (Phi) is 9.59. The van der Waals surface area contributed by atoms with E-state index < -0.39 is 46.3 Å². The third-order valence-electron chi connectivity index (χ3n) is 5.37. The number of amides is 1. The smallest absolute Gasteiger partial charge is 0.336 e. The van der Waals surface area contributed by atoms with E-state index in [2.05, 4.69) is 5.32 Å². The lowest BCUT2D eigenvalue weighted by atomic mass is 9.87. The average molecular weight is 484 g/mol. The molecule has 2 rings (SSSR count). The van der Waals surface area contributed by atoms with E-state index in [9.17, 15) is 23.1 Å². The minimum atomic E-state index is -4.35. The molecule has 0 aliphatic heterocycles. The maximum absolute atomic E-state index is 13.0. The number of aryl methyl sites for hydroxylation is 1. The number of hydrogen-bond donors (Lipinski definition) is 2. The van der Waals surface area contributed by atoms with Gasteiger partial charge in [-0.1, -0.05) is 31.5 Å². The highest BCUT2D eigenvalue weighted by molar-refractivity contribution is 7.86. The van der Waals surface area contributed by atoms with Gasteiger partial charge >= 0.3 is 5.97 Å². The highest BCUT2D eigenvalue weighted by Gasteiger charge is 2.46. The Labute approximate surface area is 195 Å². The van der Waals surface area contributed by atoms with Gasteiger partial charge in [-0.2, -0.15) is 8.42 Å². The van der Waals surface area contributed by atoms with E-state index in [0.29, 0.717) is 12.8 Å². The zero-order valence-corrected chi connectivity index (χ0v) is 20.4. The summed E-state index contributed by atoms with van der Waals surface area (Å²) in [5.41, 5.74) is 0.674. The summed E-state index contributed by atoms with van der Waals surface area (Å²) in [6.07, 6.45) is -1.68. The third-order valence-corrected chi connectivity index (χ3v) is 6.70. The van der Waals surface area contributed by atoms with Crippen LogP contribution in [0.15, 0.2) is 40.8 Å². The lowest BCUT2D eigenvalue weighted by molar-refractivity contribution is -0.142. The van der Waals surface area contributed by atoms with Gasteiger partial charge in [-0.25, -0.2) is 4.79 Å². The number of aliphatic hydroxyl groups excluding tert-OH is 1. The number of esters is 1. The highest BCUT2D eigenvalue weighted by atomic mass is 32.2. The number of aliphatic hydroxyl groups is 1. The molecule has 0 radical (unpaired) electrons. The van der Waals surface area contributed by atoms with E-state index in [-0.39, 0.29) is 23.2 Å². The number of carbonyl (C=O) groups is 2. The molecular formula is C23H33NO8S. The van der Waals surface area contributed by atoms with Gasteiger partial charge in [0.2, 0.25) is 5.91 Å². The molecule has 1 amide bonds. The lowest BCUT2D eigenvalue weighted by Crippen LogP contribution is -2.60. The van der Waals surface area contributed by atoms with Crippen LogP contribution in [0.3, 0.4) is 0 Å². The zero-order valence-electron chi connectivity index (χ0n) is 19.6. The second-order valence-corrected chi connectivity index (χ2v) is 9.45. The molecule has 0 fully saturated rings. The van der Waals surface area contributed by atoms with Crippen LogP contribution in [0.1, 0.15) is 46.1 Å². The fraction of sp³-hybridized carbons (Fsp3) is 0.565. The molecule has 9 nitrogen and oxygen atoms in total. The van der Waals surface area contributed by atoms with Crippen molar-refractivity contribution in [3.05, 3.63) is 41.5 Å². The number of carbonyl (C=O) groups excluding carboxylic acids is 2. The molecule has 0 saturated heterocycles. The van der Waals surface area contributed by atoms with Crippen molar-refractivity contribution in [2.24, 2.45) is 0 Å². The van der Waals surface area contributed by atoms with Gasteiger partial charge in [0.05, 0.1) is 35.3 Å². The van der Waals surface area contributed by atoms with Crippen molar-refractivity contribution in [2.45, 2.75) is 82.8 Å². The molecule has 0 bridgehead atoms. The standard InChI is InChI=1S/C23H33NO8S/c1-6-16(7-2)31-19-13-18(23(27)30-8-3)21(26)22(20(19)24-15(5)25)32-33(28,29)17-11-9-14(4)10-12-17/h9-13,16,19-22,26H,6-8H2,1-5H3,(H,24,25)/t19-,20+,21-,22+/m1/s1. The van der Waals surface area contributed by atoms with E-state index in [1.807, 2.05) is 20.8 Å². The molecule has 4 atom stereocenters. The largest absolute Gasteiger partial charge is 0.463 e. The van der Waals surface area contributed by atoms with Crippen LogP contribution in [0.4, 0.5) is 0 Å². The summed E-state index contributed by atoms with van der Waals surface area (Å²) in [6.45, 7) is 8.59. The van der Waals surface area contributed by atoms with Crippen molar-refractivity contribution in [3.63, 3.8) is 0 Å². The van der Waals surface area contributed by atoms with Gasteiger partial charge < -0.3 is 19.9 Å². The van der Waals surface area contributed by atoms with E-state index in [0.717, 1.165) is 5.56 Å². The Balaban J connectivity index is 2.53. The van der Waals surface area contributed by atoms with Gasteiger partial charge in [0, 0.05) is 6.92 Å². The highest BCUT2D eigenvalue weighted by Crippen LogP contribution is 2.30. The molecule has 1 aromatic rings. The quantitative estimate of drug-likeness (QED) is 0.382. The van der Waals surface area contributed by atoms with Gasteiger partial charge in [0.25, 0.3) is 10.1 Å². The topological polar surface area (TPSA) is 128 Å².